The molecule has 0 saturated carbocycles. The van der Waals surface area contributed by atoms with Gasteiger partial charge in [-0.1, -0.05) is 30.7 Å². The molecule has 1 saturated heterocycles. The average Bonchev–Trinajstić information content (AvgIpc) is 2.83. The second-order valence-electron chi connectivity index (χ2n) is 7.44. The first-order valence-corrected chi connectivity index (χ1v) is 11.7. The molecule has 1 aromatic carbocycles. The summed E-state index contributed by atoms with van der Waals surface area (Å²) < 4.78 is 29.6. The molecule has 1 N–H and O–H groups in total. The highest BCUT2D eigenvalue weighted by molar-refractivity contribution is 8.00. The summed E-state index contributed by atoms with van der Waals surface area (Å²) in [5, 5.41) is 3.54. The number of rotatable bonds is 3. The number of sulfonamides is 1. The molecule has 0 spiro atoms. The molecule has 29 heavy (non-hydrogen) atoms. The number of nitrogens with one attached hydrogen (secondary N) is 1. The van der Waals surface area contributed by atoms with Gasteiger partial charge in [0.05, 0.1) is 0 Å². The summed E-state index contributed by atoms with van der Waals surface area (Å²) in [4.78, 5) is 16.4. The number of halogens is 1. The molecule has 1 fully saturated rings. The summed E-state index contributed by atoms with van der Waals surface area (Å²) in [6.07, 6.45) is 1.62. The molecular formula is C20H27ClN4O3S. The fraction of sp³-hybridized carbons (Fsp3) is 0.500. The van der Waals surface area contributed by atoms with Crippen LogP contribution < -0.4 is 5.32 Å². The molecule has 0 bridgehead atoms. The van der Waals surface area contributed by atoms with Crippen molar-refractivity contribution < 1.29 is 13.2 Å². The van der Waals surface area contributed by atoms with E-state index >= 15 is 0 Å². The van der Waals surface area contributed by atoms with E-state index in [0.29, 0.717) is 48.2 Å². The Hall–Kier alpha value is -2.06. The number of nitrogens with zero attached hydrogens (tertiary/aromatic N) is 3. The van der Waals surface area contributed by atoms with Crippen molar-refractivity contribution in [1.29, 1.82) is 0 Å². The van der Waals surface area contributed by atoms with Crippen LogP contribution in [0.4, 0.5) is 4.79 Å². The van der Waals surface area contributed by atoms with E-state index in [1.54, 1.807) is 36.1 Å². The van der Waals surface area contributed by atoms with Gasteiger partial charge in [0.1, 0.15) is 10.7 Å². The number of amidine groups is 1. The Kier molecular flexibility index (Phi) is 6.53. The van der Waals surface area contributed by atoms with Gasteiger partial charge < -0.3 is 15.1 Å². The lowest BCUT2D eigenvalue weighted by atomic mass is 10.1. The monoisotopic (exact) mass is 438 g/mol. The highest BCUT2D eigenvalue weighted by Crippen LogP contribution is 2.34. The highest BCUT2D eigenvalue weighted by Gasteiger charge is 2.34. The lowest BCUT2D eigenvalue weighted by Crippen LogP contribution is -2.45. The Morgan fingerprint density at radius 2 is 1.90 bits per heavy atom. The van der Waals surface area contributed by atoms with E-state index in [-0.39, 0.29) is 17.0 Å². The molecule has 0 aromatic heterocycles. The maximum absolute atomic E-state index is 12.7. The van der Waals surface area contributed by atoms with E-state index in [9.17, 15) is 13.2 Å². The van der Waals surface area contributed by atoms with Gasteiger partial charge in [0.15, 0.2) is 0 Å². The normalized spacial score (nSPS) is 20.3. The zero-order chi connectivity index (χ0) is 21.2. The smallest absolute Gasteiger partial charge is 0.317 e. The molecule has 2 amide bonds. The Bertz CT molecular complexity index is 941. The standard InChI is InChI=1S/C20H27ClN4O3S/c1-4-14(2)22-20(26)25-11-5-10-24(12-13-25)19-15(3)18(29(27,28)23-19)16-6-8-17(21)9-7-16/h6-9,14H,4-5,10-13H2,1-3H3,(H,22,26). The number of hydrogen-bond donors (Lipinski definition) is 1. The summed E-state index contributed by atoms with van der Waals surface area (Å²) in [5.41, 5.74) is 1.21. The summed E-state index contributed by atoms with van der Waals surface area (Å²) in [6, 6.07) is 6.78. The number of carbonyl (C=O) groups excluding carboxylic acids is 1. The van der Waals surface area contributed by atoms with Crippen LogP contribution in [-0.2, 0) is 10.0 Å². The van der Waals surface area contributed by atoms with Crippen molar-refractivity contribution in [2.75, 3.05) is 26.2 Å². The minimum absolute atomic E-state index is 0.0729. The Balaban J connectivity index is 1.78. The van der Waals surface area contributed by atoms with Crippen LogP contribution in [0, 0.1) is 0 Å². The van der Waals surface area contributed by atoms with Crippen molar-refractivity contribution in [1.82, 2.24) is 15.1 Å². The highest BCUT2D eigenvalue weighted by atomic mass is 35.5. The lowest BCUT2D eigenvalue weighted by molar-refractivity contribution is 0.196. The predicted molar refractivity (Wildman–Crippen MR) is 116 cm³/mol. The van der Waals surface area contributed by atoms with Crippen molar-refractivity contribution in [3.05, 3.63) is 40.4 Å². The molecule has 1 atom stereocenters. The molecule has 0 aliphatic carbocycles. The molecule has 7 nitrogen and oxygen atoms in total. The minimum Gasteiger partial charge on any atom is -0.354 e. The third kappa shape index (κ3) is 4.75. The van der Waals surface area contributed by atoms with Crippen LogP contribution in [0.15, 0.2) is 34.2 Å². The zero-order valence-corrected chi connectivity index (χ0v) is 18.6. The van der Waals surface area contributed by atoms with Gasteiger partial charge in [0, 0.05) is 42.8 Å². The van der Waals surface area contributed by atoms with Crippen LogP contribution in [0.3, 0.4) is 0 Å². The largest absolute Gasteiger partial charge is 0.354 e. The molecule has 0 radical (unpaired) electrons. The quantitative estimate of drug-likeness (QED) is 0.784. The first-order valence-electron chi connectivity index (χ1n) is 9.85. The molecular weight excluding hydrogens is 412 g/mol. The topological polar surface area (TPSA) is 82.1 Å². The van der Waals surface area contributed by atoms with Crippen LogP contribution in [0.1, 0.15) is 39.2 Å². The minimum atomic E-state index is -3.77. The van der Waals surface area contributed by atoms with Crippen LogP contribution in [0.25, 0.3) is 4.91 Å². The average molecular weight is 439 g/mol. The Labute approximate surface area is 177 Å². The summed E-state index contributed by atoms with van der Waals surface area (Å²) in [7, 11) is -3.77. The van der Waals surface area contributed by atoms with Gasteiger partial charge in [-0.3, -0.25) is 0 Å². The van der Waals surface area contributed by atoms with E-state index in [0.717, 1.165) is 12.8 Å². The van der Waals surface area contributed by atoms with Crippen molar-refractivity contribution in [2.45, 2.75) is 39.7 Å². The molecule has 9 heteroatoms. The summed E-state index contributed by atoms with van der Waals surface area (Å²) >= 11 is 5.93. The third-order valence-corrected chi connectivity index (χ3v) is 7.03. The SMILES string of the molecule is CCC(C)NC(=O)N1CCCN(C2=NS(=O)(=O)C(c3ccc(Cl)cc3)=C2C)CC1. The van der Waals surface area contributed by atoms with Gasteiger partial charge >= 0.3 is 6.03 Å². The summed E-state index contributed by atoms with van der Waals surface area (Å²) in [6.45, 7) is 8.12. The van der Waals surface area contributed by atoms with Gasteiger partial charge in [-0.25, -0.2) is 4.79 Å². The number of urea groups is 1. The van der Waals surface area contributed by atoms with Gasteiger partial charge in [0.25, 0.3) is 10.0 Å². The molecule has 3 rings (SSSR count). The van der Waals surface area contributed by atoms with Crippen molar-refractivity contribution in [3.63, 3.8) is 0 Å². The fourth-order valence-corrected chi connectivity index (χ4v) is 5.13. The number of amides is 2. The Morgan fingerprint density at radius 3 is 2.55 bits per heavy atom. The van der Waals surface area contributed by atoms with Crippen molar-refractivity contribution in [2.24, 2.45) is 4.40 Å². The molecule has 2 aliphatic rings. The first kappa shape index (κ1) is 21.6. The van der Waals surface area contributed by atoms with E-state index in [4.69, 9.17) is 11.6 Å². The number of benzene rings is 1. The number of carbonyl (C=O) groups is 1. The molecule has 158 valence electrons. The van der Waals surface area contributed by atoms with E-state index in [2.05, 4.69) is 9.71 Å². The maximum Gasteiger partial charge on any atom is 0.317 e. The van der Waals surface area contributed by atoms with Crippen molar-refractivity contribution in [3.8, 4) is 0 Å². The molecule has 2 heterocycles. The third-order valence-electron chi connectivity index (χ3n) is 5.31. The first-order chi connectivity index (χ1) is 13.7. The van der Waals surface area contributed by atoms with Crippen molar-refractivity contribution >= 4 is 38.4 Å². The summed E-state index contributed by atoms with van der Waals surface area (Å²) in [5.74, 6) is 0.471. The molecule has 1 aromatic rings. The second kappa shape index (κ2) is 8.75. The van der Waals surface area contributed by atoms with Gasteiger partial charge in [0.2, 0.25) is 0 Å². The Morgan fingerprint density at radius 1 is 1.21 bits per heavy atom. The maximum atomic E-state index is 12.7. The van der Waals surface area contributed by atoms with Gasteiger partial charge in [-0.05, 0) is 44.4 Å². The van der Waals surface area contributed by atoms with E-state index < -0.39 is 10.0 Å². The van der Waals surface area contributed by atoms with Gasteiger partial charge in [-0.2, -0.15) is 8.42 Å². The predicted octanol–water partition coefficient (Wildman–Crippen LogP) is 3.33. The zero-order valence-electron chi connectivity index (χ0n) is 17.0. The molecule has 2 aliphatic heterocycles. The van der Waals surface area contributed by atoms with Crippen LogP contribution >= 0.6 is 11.6 Å². The van der Waals surface area contributed by atoms with Gasteiger partial charge in [-0.15, -0.1) is 4.40 Å². The second-order valence-corrected chi connectivity index (χ2v) is 9.41. The van der Waals surface area contributed by atoms with Crippen LogP contribution in [-0.4, -0.2) is 62.3 Å². The fourth-order valence-electron chi connectivity index (χ4n) is 3.52. The van der Waals surface area contributed by atoms with E-state index in [1.165, 1.54) is 0 Å². The van der Waals surface area contributed by atoms with Crippen LogP contribution in [0.5, 0.6) is 0 Å². The lowest BCUT2D eigenvalue weighted by Gasteiger charge is -2.25. The number of hydrogen-bond acceptors (Lipinski definition) is 4. The van der Waals surface area contributed by atoms with Crippen LogP contribution in [0.2, 0.25) is 5.02 Å². The van der Waals surface area contributed by atoms with E-state index in [1.807, 2.05) is 18.7 Å². The molecule has 1 unspecified atom stereocenters.